The summed E-state index contributed by atoms with van der Waals surface area (Å²) in [6, 6.07) is 1.64. The van der Waals surface area contributed by atoms with Crippen molar-refractivity contribution in [2.24, 2.45) is 0 Å². The van der Waals surface area contributed by atoms with E-state index in [0.29, 0.717) is 23.6 Å². The predicted molar refractivity (Wildman–Crippen MR) is 68.2 cm³/mol. The van der Waals surface area contributed by atoms with Crippen LogP contribution in [0.5, 0.6) is 11.8 Å². The van der Waals surface area contributed by atoms with Crippen LogP contribution in [0.15, 0.2) is 6.07 Å². The van der Waals surface area contributed by atoms with Crippen LogP contribution in [0.25, 0.3) is 0 Å². The third kappa shape index (κ3) is 5.08. The highest BCUT2D eigenvalue weighted by atomic mass is 35.5. The van der Waals surface area contributed by atoms with Crippen molar-refractivity contribution in [3.8, 4) is 11.8 Å². The maximum atomic E-state index is 5.60. The van der Waals surface area contributed by atoms with Crippen LogP contribution in [0.2, 0.25) is 0 Å². The molecule has 0 aliphatic heterocycles. The average Bonchev–Trinajstić information content (AvgIpc) is 2.38. The van der Waals surface area contributed by atoms with Crippen molar-refractivity contribution in [3.63, 3.8) is 0 Å². The molecule has 0 saturated heterocycles. The molecule has 0 amide bonds. The van der Waals surface area contributed by atoms with Crippen LogP contribution in [-0.2, 0) is 0 Å². The van der Waals surface area contributed by atoms with Gasteiger partial charge < -0.3 is 14.8 Å². The maximum absolute atomic E-state index is 5.60. The number of nitrogens with one attached hydrogen (secondary N) is 1. The quantitative estimate of drug-likeness (QED) is 0.574. The number of halogens is 1. The Balaban J connectivity index is 2.46. The van der Waals surface area contributed by atoms with Gasteiger partial charge in [-0.25, -0.2) is 0 Å². The molecule has 0 aromatic carbocycles. The van der Waals surface area contributed by atoms with Crippen LogP contribution in [0.1, 0.15) is 19.3 Å². The summed E-state index contributed by atoms with van der Waals surface area (Å²) in [5.41, 5.74) is 0. The molecule has 0 fully saturated rings. The van der Waals surface area contributed by atoms with Gasteiger partial charge in [0.2, 0.25) is 17.7 Å². The van der Waals surface area contributed by atoms with Gasteiger partial charge in [-0.05, 0) is 12.8 Å². The van der Waals surface area contributed by atoms with Crippen molar-refractivity contribution in [1.29, 1.82) is 0 Å². The summed E-state index contributed by atoms with van der Waals surface area (Å²) in [5.74, 6) is 2.20. The predicted octanol–water partition coefficient (Wildman–Crippen LogP) is 2.31. The highest BCUT2D eigenvalue weighted by Gasteiger charge is 2.04. The Bertz CT molecular complexity index is 314. The number of hydrogen-bond acceptors (Lipinski definition) is 5. The van der Waals surface area contributed by atoms with E-state index in [9.17, 15) is 0 Å². The molecule has 17 heavy (non-hydrogen) atoms. The summed E-state index contributed by atoms with van der Waals surface area (Å²) >= 11 is 5.60. The first kappa shape index (κ1) is 13.8. The SMILES string of the molecule is COc1cc(OC)nc(NCCCCCCl)n1. The maximum Gasteiger partial charge on any atom is 0.229 e. The minimum absolute atomic E-state index is 0.486. The molecular formula is C11H18ClN3O2. The Morgan fingerprint density at radius 1 is 1.12 bits per heavy atom. The highest BCUT2D eigenvalue weighted by Crippen LogP contribution is 2.17. The Labute approximate surface area is 107 Å². The first-order valence-electron chi connectivity index (χ1n) is 5.57. The van der Waals surface area contributed by atoms with Crippen LogP contribution in [-0.4, -0.2) is 36.6 Å². The number of alkyl halides is 1. The molecule has 1 heterocycles. The number of rotatable bonds is 8. The Kier molecular flexibility index (Phi) is 6.47. The number of nitrogens with zero attached hydrogens (tertiary/aromatic N) is 2. The molecule has 1 N–H and O–H groups in total. The zero-order valence-electron chi connectivity index (χ0n) is 10.2. The van der Waals surface area contributed by atoms with Crippen molar-refractivity contribution < 1.29 is 9.47 Å². The summed E-state index contributed by atoms with van der Waals surface area (Å²) in [6.07, 6.45) is 3.17. The zero-order chi connectivity index (χ0) is 12.5. The van der Waals surface area contributed by atoms with Gasteiger partial charge in [-0.2, -0.15) is 9.97 Å². The largest absolute Gasteiger partial charge is 0.481 e. The van der Waals surface area contributed by atoms with E-state index in [1.54, 1.807) is 20.3 Å². The van der Waals surface area contributed by atoms with Gasteiger partial charge in [0.25, 0.3) is 0 Å². The fraction of sp³-hybridized carbons (Fsp3) is 0.636. The molecule has 0 bridgehead atoms. The van der Waals surface area contributed by atoms with Gasteiger partial charge in [-0.15, -0.1) is 11.6 Å². The Hall–Kier alpha value is -1.23. The number of aromatic nitrogens is 2. The highest BCUT2D eigenvalue weighted by molar-refractivity contribution is 6.17. The molecule has 5 nitrogen and oxygen atoms in total. The Morgan fingerprint density at radius 3 is 2.29 bits per heavy atom. The summed E-state index contributed by atoms with van der Waals surface area (Å²) in [6.45, 7) is 0.813. The van der Waals surface area contributed by atoms with Crippen molar-refractivity contribution >= 4 is 17.5 Å². The van der Waals surface area contributed by atoms with E-state index >= 15 is 0 Å². The monoisotopic (exact) mass is 259 g/mol. The fourth-order valence-corrected chi connectivity index (χ4v) is 1.48. The smallest absolute Gasteiger partial charge is 0.229 e. The molecule has 0 radical (unpaired) electrons. The molecule has 1 aromatic rings. The van der Waals surface area contributed by atoms with Crippen LogP contribution in [0.3, 0.4) is 0 Å². The topological polar surface area (TPSA) is 56.3 Å². The van der Waals surface area contributed by atoms with Crippen LogP contribution < -0.4 is 14.8 Å². The fourth-order valence-electron chi connectivity index (χ4n) is 1.29. The van der Waals surface area contributed by atoms with Gasteiger partial charge >= 0.3 is 0 Å². The van der Waals surface area contributed by atoms with Crippen molar-refractivity contribution in [2.75, 3.05) is 32.0 Å². The number of methoxy groups -OCH3 is 2. The molecule has 0 aliphatic rings. The lowest BCUT2D eigenvalue weighted by Gasteiger charge is -2.07. The van der Waals surface area contributed by atoms with Gasteiger partial charge in [0.05, 0.1) is 20.3 Å². The van der Waals surface area contributed by atoms with E-state index in [1.165, 1.54) is 0 Å². The molecule has 96 valence electrons. The van der Waals surface area contributed by atoms with Crippen molar-refractivity contribution in [1.82, 2.24) is 9.97 Å². The van der Waals surface area contributed by atoms with Crippen LogP contribution >= 0.6 is 11.6 Å². The molecular weight excluding hydrogens is 242 g/mol. The number of unbranched alkanes of at least 4 members (excludes halogenated alkanes) is 2. The third-order valence-corrected chi connectivity index (χ3v) is 2.46. The second-order valence-corrected chi connectivity index (χ2v) is 3.83. The summed E-state index contributed by atoms with van der Waals surface area (Å²) < 4.78 is 10.1. The number of ether oxygens (including phenoxy) is 2. The van der Waals surface area contributed by atoms with Crippen LogP contribution in [0, 0.1) is 0 Å². The van der Waals surface area contributed by atoms with E-state index < -0.39 is 0 Å². The lowest BCUT2D eigenvalue weighted by molar-refractivity contribution is 0.373. The van der Waals surface area contributed by atoms with E-state index in [1.807, 2.05) is 0 Å². The van der Waals surface area contributed by atoms with E-state index in [-0.39, 0.29) is 0 Å². The lowest BCUT2D eigenvalue weighted by Crippen LogP contribution is -2.07. The molecule has 0 spiro atoms. The average molecular weight is 260 g/mol. The molecule has 0 aliphatic carbocycles. The molecule has 0 atom stereocenters. The molecule has 1 rings (SSSR count). The number of anilines is 1. The second-order valence-electron chi connectivity index (χ2n) is 3.45. The minimum atomic E-state index is 0.486. The zero-order valence-corrected chi connectivity index (χ0v) is 11.0. The van der Waals surface area contributed by atoms with Crippen LogP contribution in [0.4, 0.5) is 5.95 Å². The van der Waals surface area contributed by atoms with Gasteiger partial charge in [0.15, 0.2) is 0 Å². The van der Waals surface area contributed by atoms with Gasteiger partial charge in [-0.1, -0.05) is 6.42 Å². The Morgan fingerprint density at radius 2 is 1.76 bits per heavy atom. The summed E-state index contributed by atoms with van der Waals surface area (Å²) in [7, 11) is 3.12. The van der Waals surface area contributed by atoms with Gasteiger partial charge in [-0.3, -0.25) is 0 Å². The normalized spacial score (nSPS) is 10.1. The van der Waals surface area contributed by atoms with E-state index in [4.69, 9.17) is 21.1 Å². The van der Waals surface area contributed by atoms with Gasteiger partial charge in [0.1, 0.15) is 0 Å². The minimum Gasteiger partial charge on any atom is -0.481 e. The number of hydrogen-bond donors (Lipinski definition) is 1. The second kappa shape index (κ2) is 7.95. The summed E-state index contributed by atoms with van der Waals surface area (Å²) in [5, 5.41) is 3.13. The third-order valence-electron chi connectivity index (χ3n) is 2.19. The molecule has 0 unspecified atom stereocenters. The molecule has 0 saturated carbocycles. The summed E-state index contributed by atoms with van der Waals surface area (Å²) in [4.78, 5) is 8.33. The van der Waals surface area contributed by atoms with Crippen molar-refractivity contribution in [2.45, 2.75) is 19.3 Å². The van der Waals surface area contributed by atoms with Gasteiger partial charge in [0, 0.05) is 12.4 Å². The van der Waals surface area contributed by atoms with E-state index in [0.717, 1.165) is 25.8 Å². The first-order chi connectivity index (χ1) is 8.30. The first-order valence-corrected chi connectivity index (χ1v) is 6.10. The standard InChI is InChI=1S/C11H18ClN3O2/c1-16-9-8-10(17-2)15-11(14-9)13-7-5-3-4-6-12/h8H,3-7H2,1-2H3,(H,13,14,15). The van der Waals surface area contributed by atoms with Crippen molar-refractivity contribution in [3.05, 3.63) is 6.07 Å². The molecule has 6 heteroatoms. The molecule has 1 aromatic heterocycles. The van der Waals surface area contributed by atoms with E-state index in [2.05, 4.69) is 15.3 Å². The lowest BCUT2D eigenvalue weighted by atomic mass is 10.2.